The molecule has 0 radical (unpaired) electrons. The molecule has 1 atom stereocenters. The number of carbonyl (C=O) groups is 1. The largest absolute Gasteiger partial charge is 0.359 e. The molecule has 0 spiro atoms. The number of halogens is 1. The summed E-state index contributed by atoms with van der Waals surface area (Å²) in [6, 6.07) is 7.84. The highest BCUT2D eigenvalue weighted by Crippen LogP contribution is 2.34. The zero-order chi connectivity index (χ0) is 13.1. The van der Waals surface area contributed by atoms with Crippen LogP contribution in [-0.4, -0.2) is 21.0 Å². The van der Waals surface area contributed by atoms with E-state index < -0.39 is 8.07 Å². The van der Waals surface area contributed by atoms with E-state index in [1.165, 1.54) is 0 Å². The van der Waals surface area contributed by atoms with Gasteiger partial charge in [0, 0.05) is 18.5 Å². The zero-order valence-corrected chi connectivity index (χ0v) is 12.6. The van der Waals surface area contributed by atoms with Crippen LogP contribution in [0.4, 0.5) is 0 Å². The molecule has 2 nitrogen and oxygen atoms in total. The molecule has 1 N–H and O–H groups in total. The van der Waals surface area contributed by atoms with Crippen LogP contribution in [0, 0.1) is 0 Å². The molecule has 1 rings (SSSR count). The van der Waals surface area contributed by atoms with Gasteiger partial charge in [0.2, 0.25) is 5.91 Å². The average Bonchev–Trinajstić information content (AvgIpc) is 2.25. The normalized spacial score (nSPS) is 13.2. The lowest BCUT2D eigenvalue weighted by Crippen LogP contribution is -2.35. The standard InChI is InChI=1S/C13H20ClNOSi/c1-15-13(16)9-12(17(2,3)4)10-7-5-6-8-11(10)14/h5-8,12H,9H2,1-4H3,(H,15,16)/t12-/m1/s1. The Bertz CT molecular complexity index is 401. The molecule has 0 bridgehead atoms. The lowest BCUT2D eigenvalue weighted by molar-refractivity contribution is -0.120. The fourth-order valence-corrected chi connectivity index (χ4v) is 4.27. The van der Waals surface area contributed by atoms with Gasteiger partial charge in [-0.05, 0) is 17.2 Å². The Morgan fingerprint density at radius 2 is 1.94 bits per heavy atom. The van der Waals surface area contributed by atoms with Crippen LogP contribution in [-0.2, 0) is 4.79 Å². The van der Waals surface area contributed by atoms with Crippen molar-refractivity contribution in [2.45, 2.75) is 31.6 Å². The van der Waals surface area contributed by atoms with Crippen LogP contribution in [0.1, 0.15) is 17.5 Å². The Morgan fingerprint density at radius 1 is 1.35 bits per heavy atom. The predicted octanol–water partition coefficient (Wildman–Crippen LogP) is 3.44. The van der Waals surface area contributed by atoms with Gasteiger partial charge in [0.15, 0.2) is 0 Å². The van der Waals surface area contributed by atoms with Gasteiger partial charge < -0.3 is 5.32 Å². The van der Waals surface area contributed by atoms with Crippen molar-refractivity contribution in [2.75, 3.05) is 7.05 Å². The van der Waals surface area contributed by atoms with Gasteiger partial charge in [-0.1, -0.05) is 49.4 Å². The van der Waals surface area contributed by atoms with Crippen LogP contribution in [0.3, 0.4) is 0 Å². The van der Waals surface area contributed by atoms with Crippen molar-refractivity contribution in [1.29, 1.82) is 0 Å². The number of benzene rings is 1. The molecule has 94 valence electrons. The highest BCUT2D eigenvalue weighted by molar-refractivity contribution is 6.77. The number of nitrogens with one attached hydrogen (secondary N) is 1. The number of hydrogen-bond donors (Lipinski definition) is 1. The fourth-order valence-electron chi connectivity index (χ4n) is 1.93. The van der Waals surface area contributed by atoms with Gasteiger partial charge in [0.1, 0.15) is 0 Å². The average molecular weight is 270 g/mol. The van der Waals surface area contributed by atoms with Crippen molar-refractivity contribution in [3.63, 3.8) is 0 Å². The summed E-state index contributed by atoms with van der Waals surface area (Å²) in [6.07, 6.45) is 0.524. The highest BCUT2D eigenvalue weighted by atomic mass is 35.5. The molecule has 0 fully saturated rings. The molecule has 0 aromatic heterocycles. The van der Waals surface area contributed by atoms with Gasteiger partial charge in [-0.3, -0.25) is 4.79 Å². The van der Waals surface area contributed by atoms with E-state index >= 15 is 0 Å². The van der Waals surface area contributed by atoms with Crippen molar-refractivity contribution in [3.05, 3.63) is 34.9 Å². The minimum Gasteiger partial charge on any atom is -0.359 e. The van der Waals surface area contributed by atoms with E-state index in [4.69, 9.17) is 11.6 Å². The quantitative estimate of drug-likeness (QED) is 0.834. The summed E-state index contributed by atoms with van der Waals surface area (Å²) in [5.41, 5.74) is 1.37. The monoisotopic (exact) mass is 269 g/mol. The first-order chi connectivity index (χ1) is 7.86. The smallest absolute Gasteiger partial charge is 0.220 e. The molecule has 17 heavy (non-hydrogen) atoms. The van der Waals surface area contributed by atoms with Gasteiger partial charge in [-0.25, -0.2) is 0 Å². The highest BCUT2D eigenvalue weighted by Gasteiger charge is 2.31. The number of amides is 1. The molecule has 0 aliphatic carbocycles. The van der Waals surface area contributed by atoms with Crippen LogP contribution in [0.5, 0.6) is 0 Å². The number of hydrogen-bond acceptors (Lipinski definition) is 1. The first-order valence-electron chi connectivity index (χ1n) is 5.81. The molecule has 0 saturated heterocycles. The van der Waals surface area contributed by atoms with Gasteiger partial charge in [-0.15, -0.1) is 0 Å². The topological polar surface area (TPSA) is 29.1 Å². The molecule has 1 aromatic rings. The summed E-state index contributed by atoms with van der Waals surface area (Å²) in [4.78, 5) is 11.6. The number of rotatable bonds is 4. The number of carbonyl (C=O) groups excluding carboxylic acids is 1. The maximum absolute atomic E-state index is 11.6. The Labute approximate surface area is 109 Å². The summed E-state index contributed by atoms with van der Waals surface area (Å²) in [6.45, 7) is 6.80. The van der Waals surface area contributed by atoms with Crippen molar-refractivity contribution in [2.24, 2.45) is 0 Å². The SMILES string of the molecule is CNC(=O)C[C@H](c1ccccc1Cl)[Si](C)(C)C. The third-order valence-corrected chi connectivity index (χ3v) is 5.94. The molecule has 0 aliphatic heterocycles. The van der Waals surface area contributed by atoms with Crippen LogP contribution in [0.2, 0.25) is 24.7 Å². The van der Waals surface area contributed by atoms with Crippen molar-refractivity contribution >= 4 is 25.6 Å². The minimum absolute atomic E-state index is 0.0809. The molecule has 1 aromatic carbocycles. The van der Waals surface area contributed by atoms with E-state index in [2.05, 4.69) is 25.0 Å². The zero-order valence-electron chi connectivity index (χ0n) is 10.9. The van der Waals surface area contributed by atoms with Crippen molar-refractivity contribution in [3.8, 4) is 0 Å². The molecule has 4 heteroatoms. The van der Waals surface area contributed by atoms with Crippen molar-refractivity contribution < 1.29 is 4.79 Å². The van der Waals surface area contributed by atoms with E-state index in [0.717, 1.165) is 10.6 Å². The van der Waals surface area contributed by atoms with Gasteiger partial charge in [0.25, 0.3) is 0 Å². The first-order valence-corrected chi connectivity index (χ1v) is 9.76. The summed E-state index contributed by atoms with van der Waals surface area (Å²) in [5, 5.41) is 3.46. The molecular weight excluding hydrogens is 250 g/mol. The summed E-state index contributed by atoms with van der Waals surface area (Å²) < 4.78 is 0. The first kappa shape index (κ1) is 14.3. The summed E-state index contributed by atoms with van der Waals surface area (Å²) >= 11 is 6.24. The van der Waals surface area contributed by atoms with E-state index in [9.17, 15) is 4.79 Å². The molecule has 1 amide bonds. The van der Waals surface area contributed by atoms with E-state index in [1.807, 2.05) is 24.3 Å². The Morgan fingerprint density at radius 3 is 2.41 bits per heavy atom. The van der Waals surface area contributed by atoms with Crippen LogP contribution in [0.15, 0.2) is 24.3 Å². The van der Waals surface area contributed by atoms with Crippen LogP contribution in [0.25, 0.3) is 0 Å². The van der Waals surface area contributed by atoms with Gasteiger partial charge in [-0.2, -0.15) is 0 Å². The third-order valence-electron chi connectivity index (χ3n) is 2.99. The Hall–Kier alpha value is -0.803. The van der Waals surface area contributed by atoms with Crippen molar-refractivity contribution in [1.82, 2.24) is 5.32 Å². The van der Waals surface area contributed by atoms with Gasteiger partial charge >= 0.3 is 0 Å². The lowest BCUT2D eigenvalue weighted by atomic mass is 10.1. The molecule has 0 heterocycles. The van der Waals surface area contributed by atoms with E-state index in [0.29, 0.717) is 6.42 Å². The van der Waals surface area contributed by atoms with Crippen LogP contribution >= 0.6 is 11.6 Å². The van der Waals surface area contributed by atoms with E-state index in [1.54, 1.807) is 7.05 Å². The summed E-state index contributed by atoms with van der Waals surface area (Å²) in [5.74, 6) is 0.0809. The fraction of sp³-hybridized carbons (Fsp3) is 0.462. The molecule has 0 aliphatic rings. The summed E-state index contributed by atoms with van der Waals surface area (Å²) in [7, 11) is 0.194. The lowest BCUT2D eigenvalue weighted by Gasteiger charge is -2.29. The predicted molar refractivity (Wildman–Crippen MR) is 76.2 cm³/mol. The minimum atomic E-state index is -1.48. The van der Waals surface area contributed by atoms with E-state index in [-0.39, 0.29) is 11.4 Å². The third kappa shape index (κ3) is 3.86. The molecule has 0 saturated carbocycles. The second-order valence-electron chi connectivity index (χ2n) is 5.32. The molecule has 0 unspecified atom stereocenters. The second kappa shape index (κ2) is 5.69. The Kier molecular flexibility index (Phi) is 4.77. The van der Waals surface area contributed by atoms with Crippen LogP contribution < -0.4 is 5.32 Å². The Balaban J connectivity index is 3.07. The maximum atomic E-state index is 11.6. The molecular formula is C13H20ClNOSi. The second-order valence-corrected chi connectivity index (χ2v) is 11.2. The van der Waals surface area contributed by atoms with Gasteiger partial charge in [0.05, 0.1) is 8.07 Å². The maximum Gasteiger partial charge on any atom is 0.220 e.